The van der Waals surface area contributed by atoms with Crippen LogP contribution in [0.25, 0.3) is 6.08 Å². The average Bonchev–Trinajstić information content (AvgIpc) is 2.83. The Bertz CT molecular complexity index is 755. The number of hydrogen-bond acceptors (Lipinski definition) is 2. The molecular formula is C18H16N2O. The molecule has 2 aromatic rings. The van der Waals surface area contributed by atoms with Crippen LogP contribution in [0.2, 0.25) is 0 Å². The first-order valence-corrected chi connectivity index (χ1v) is 6.88. The lowest BCUT2D eigenvalue weighted by Gasteiger charge is -2.03. The van der Waals surface area contributed by atoms with Crippen LogP contribution < -0.4 is 5.32 Å². The summed E-state index contributed by atoms with van der Waals surface area (Å²) in [4.78, 5) is 16.5. The molecule has 0 radical (unpaired) electrons. The van der Waals surface area contributed by atoms with Crippen molar-refractivity contribution in [2.75, 3.05) is 0 Å². The van der Waals surface area contributed by atoms with Gasteiger partial charge in [0.2, 0.25) is 0 Å². The second-order valence-electron chi connectivity index (χ2n) is 5.17. The van der Waals surface area contributed by atoms with Crippen molar-refractivity contribution in [2.24, 2.45) is 4.99 Å². The third-order valence-electron chi connectivity index (χ3n) is 3.48. The van der Waals surface area contributed by atoms with E-state index < -0.39 is 0 Å². The van der Waals surface area contributed by atoms with Gasteiger partial charge in [0, 0.05) is 5.56 Å². The van der Waals surface area contributed by atoms with E-state index in [2.05, 4.69) is 10.3 Å². The molecule has 0 spiro atoms. The number of aliphatic imine (C=N–C) groups is 1. The first-order chi connectivity index (χ1) is 10.1. The van der Waals surface area contributed by atoms with Gasteiger partial charge in [-0.05, 0) is 31.1 Å². The smallest absolute Gasteiger partial charge is 0.275 e. The highest BCUT2D eigenvalue weighted by Crippen LogP contribution is 2.17. The van der Waals surface area contributed by atoms with Crippen molar-refractivity contribution < 1.29 is 4.79 Å². The summed E-state index contributed by atoms with van der Waals surface area (Å²) in [6, 6.07) is 15.9. The summed E-state index contributed by atoms with van der Waals surface area (Å²) in [5.41, 5.74) is 4.65. The molecule has 0 aliphatic carbocycles. The highest BCUT2D eigenvalue weighted by molar-refractivity contribution is 6.20. The number of amides is 1. The number of nitrogens with one attached hydrogen (secondary N) is 1. The predicted molar refractivity (Wildman–Crippen MR) is 85.0 cm³/mol. The normalized spacial score (nSPS) is 16.0. The maximum absolute atomic E-state index is 12.0. The van der Waals surface area contributed by atoms with Crippen molar-refractivity contribution in [1.82, 2.24) is 5.32 Å². The molecule has 3 nitrogen and oxygen atoms in total. The van der Waals surface area contributed by atoms with Crippen LogP contribution in [-0.2, 0) is 4.79 Å². The Morgan fingerprint density at radius 3 is 2.43 bits per heavy atom. The van der Waals surface area contributed by atoms with Crippen LogP contribution in [-0.4, -0.2) is 11.7 Å². The van der Waals surface area contributed by atoms with E-state index in [0.717, 1.165) is 16.7 Å². The van der Waals surface area contributed by atoms with E-state index in [4.69, 9.17) is 0 Å². The highest BCUT2D eigenvalue weighted by atomic mass is 16.2. The number of nitrogens with zero attached hydrogens (tertiary/aromatic N) is 1. The van der Waals surface area contributed by atoms with Crippen molar-refractivity contribution in [2.45, 2.75) is 13.8 Å². The molecule has 0 atom stereocenters. The molecule has 1 N–H and O–H groups in total. The van der Waals surface area contributed by atoms with E-state index in [1.54, 1.807) is 6.08 Å². The third-order valence-corrected chi connectivity index (χ3v) is 3.48. The second kappa shape index (κ2) is 5.37. The van der Waals surface area contributed by atoms with Gasteiger partial charge in [-0.15, -0.1) is 0 Å². The summed E-state index contributed by atoms with van der Waals surface area (Å²) in [6.07, 6.45) is 1.81. The Labute approximate surface area is 124 Å². The maximum atomic E-state index is 12.0. The Balaban J connectivity index is 1.96. The molecule has 0 bridgehead atoms. The lowest BCUT2D eigenvalue weighted by atomic mass is 10.1. The van der Waals surface area contributed by atoms with Gasteiger partial charge in [-0.3, -0.25) is 4.79 Å². The van der Waals surface area contributed by atoms with Crippen LogP contribution in [0.5, 0.6) is 0 Å². The monoisotopic (exact) mass is 276 g/mol. The molecule has 0 unspecified atom stereocenters. The van der Waals surface area contributed by atoms with E-state index in [1.165, 1.54) is 5.56 Å². The molecule has 0 aromatic heterocycles. The molecular weight excluding hydrogens is 260 g/mol. The van der Waals surface area contributed by atoms with Gasteiger partial charge >= 0.3 is 0 Å². The van der Waals surface area contributed by atoms with Crippen molar-refractivity contribution in [3.05, 3.63) is 76.5 Å². The van der Waals surface area contributed by atoms with Crippen LogP contribution in [0.1, 0.15) is 22.3 Å². The molecule has 1 aliphatic heterocycles. The number of hydrogen-bond donors (Lipinski definition) is 1. The maximum Gasteiger partial charge on any atom is 0.275 e. The SMILES string of the molecule is Cc1ccc(/C=C2/N=C(c3ccccc3C)NC2=O)cc1. The zero-order valence-corrected chi connectivity index (χ0v) is 12.1. The minimum Gasteiger partial charge on any atom is -0.305 e. The summed E-state index contributed by atoms with van der Waals surface area (Å²) in [6.45, 7) is 4.04. The lowest BCUT2D eigenvalue weighted by Crippen LogP contribution is -2.25. The first kappa shape index (κ1) is 13.3. The summed E-state index contributed by atoms with van der Waals surface area (Å²) >= 11 is 0. The number of rotatable bonds is 2. The average molecular weight is 276 g/mol. The molecule has 1 amide bonds. The molecule has 0 saturated carbocycles. The third kappa shape index (κ3) is 2.77. The van der Waals surface area contributed by atoms with E-state index in [-0.39, 0.29) is 5.91 Å². The van der Waals surface area contributed by atoms with Gasteiger partial charge in [-0.25, -0.2) is 4.99 Å². The minimum atomic E-state index is -0.158. The fraction of sp³-hybridized carbons (Fsp3) is 0.111. The number of amidine groups is 1. The first-order valence-electron chi connectivity index (χ1n) is 6.88. The standard InChI is InChI=1S/C18H16N2O/c1-12-7-9-14(10-8-12)11-16-18(21)20-17(19-16)15-6-4-3-5-13(15)2/h3-11H,1-2H3,(H,19,20,21)/b16-11+. The molecule has 2 aromatic carbocycles. The van der Waals surface area contributed by atoms with Gasteiger partial charge in [0.25, 0.3) is 5.91 Å². The van der Waals surface area contributed by atoms with Gasteiger partial charge < -0.3 is 5.32 Å². The molecule has 1 heterocycles. The number of carbonyl (C=O) groups excluding carboxylic acids is 1. The zero-order chi connectivity index (χ0) is 14.8. The minimum absolute atomic E-state index is 0.158. The summed E-state index contributed by atoms with van der Waals surface area (Å²) in [5, 5.41) is 2.84. The molecule has 21 heavy (non-hydrogen) atoms. The van der Waals surface area contributed by atoms with Crippen molar-refractivity contribution >= 4 is 17.8 Å². The number of carbonyl (C=O) groups is 1. The Morgan fingerprint density at radius 2 is 1.71 bits per heavy atom. The second-order valence-corrected chi connectivity index (χ2v) is 5.17. The molecule has 0 fully saturated rings. The largest absolute Gasteiger partial charge is 0.305 e. The topological polar surface area (TPSA) is 41.5 Å². The van der Waals surface area contributed by atoms with Crippen molar-refractivity contribution in [1.29, 1.82) is 0 Å². The lowest BCUT2D eigenvalue weighted by molar-refractivity contribution is -0.115. The zero-order valence-electron chi connectivity index (χ0n) is 12.1. The van der Waals surface area contributed by atoms with Crippen molar-refractivity contribution in [3.8, 4) is 0 Å². The predicted octanol–water partition coefficient (Wildman–Crippen LogP) is 3.22. The van der Waals surface area contributed by atoms with Crippen LogP contribution in [0, 0.1) is 13.8 Å². The Hall–Kier alpha value is -2.68. The van der Waals surface area contributed by atoms with E-state index in [9.17, 15) is 4.79 Å². The van der Waals surface area contributed by atoms with E-state index >= 15 is 0 Å². The van der Waals surface area contributed by atoms with Gasteiger partial charge in [0.05, 0.1) is 0 Å². The molecule has 1 aliphatic rings. The van der Waals surface area contributed by atoms with Crippen LogP contribution in [0.4, 0.5) is 0 Å². The van der Waals surface area contributed by atoms with Crippen LogP contribution in [0.15, 0.2) is 59.2 Å². The van der Waals surface area contributed by atoms with Gasteiger partial charge in [-0.2, -0.15) is 0 Å². The van der Waals surface area contributed by atoms with E-state index in [1.807, 2.05) is 62.4 Å². The summed E-state index contributed by atoms with van der Waals surface area (Å²) in [5.74, 6) is 0.463. The van der Waals surface area contributed by atoms with Crippen LogP contribution in [0.3, 0.4) is 0 Å². The fourth-order valence-corrected chi connectivity index (χ4v) is 2.26. The number of benzene rings is 2. The molecule has 3 heteroatoms. The quantitative estimate of drug-likeness (QED) is 0.841. The molecule has 0 saturated heterocycles. The Morgan fingerprint density at radius 1 is 1.00 bits per heavy atom. The summed E-state index contributed by atoms with van der Waals surface area (Å²) < 4.78 is 0. The van der Waals surface area contributed by atoms with Gasteiger partial charge in [0.1, 0.15) is 11.5 Å². The van der Waals surface area contributed by atoms with Gasteiger partial charge in [-0.1, -0.05) is 54.1 Å². The molecule has 3 rings (SSSR count). The van der Waals surface area contributed by atoms with E-state index in [0.29, 0.717) is 11.5 Å². The highest BCUT2D eigenvalue weighted by Gasteiger charge is 2.21. The fourth-order valence-electron chi connectivity index (χ4n) is 2.26. The Kier molecular flexibility index (Phi) is 3.40. The van der Waals surface area contributed by atoms with Crippen LogP contribution >= 0.6 is 0 Å². The van der Waals surface area contributed by atoms with Gasteiger partial charge in [0.15, 0.2) is 0 Å². The van der Waals surface area contributed by atoms with Crippen molar-refractivity contribution in [3.63, 3.8) is 0 Å². The molecule has 104 valence electrons. The number of aryl methyl sites for hydroxylation is 2. The summed E-state index contributed by atoms with van der Waals surface area (Å²) in [7, 11) is 0.